The van der Waals surface area contributed by atoms with Crippen LogP contribution in [-0.2, 0) is 0 Å². The number of nitriles is 1. The first-order valence-electron chi connectivity index (χ1n) is 4.59. The minimum atomic E-state index is -0.276. The topological polar surface area (TPSA) is 85.7 Å². The van der Waals surface area contributed by atoms with Crippen LogP contribution < -0.4 is 0 Å². The van der Waals surface area contributed by atoms with Crippen molar-refractivity contribution < 1.29 is 4.79 Å². The second-order valence-electron chi connectivity index (χ2n) is 3.37. The molecule has 1 unspecified atom stereocenters. The largest absolute Gasteiger partial charge is 0.335 e. The van der Waals surface area contributed by atoms with E-state index >= 15 is 0 Å². The van der Waals surface area contributed by atoms with Gasteiger partial charge in [-0.25, -0.2) is 4.98 Å². The third-order valence-corrected chi connectivity index (χ3v) is 2.16. The van der Waals surface area contributed by atoms with Crippen LogP contribution in [0.25, 0.3) is 0 Å². The van der Waals surface area contributed by atoms with Crippen molar-refractivity contribution in [2.45, 2.75) is 26.3 Å². The predicted octanol–water partition coefficient (Wildman–Crippen LogP) is 0.487. The summed E-state index contributed by atoms with van der Waals surface area (Å²) in [4.78, 5) is 17.1. The van der Waals surface area contributed by atoms with Crippen molar-refractivity contribution in [3.63, 3.8) is 0 Å². The van der Waals surface area contributed by atoms with Crippen LogP contribution in [0.4, 0.5) is 0 Å². The van der Waals surface area contributed by atoms with E-state index in [0.29, 0.717) is 12.2 Å². The number of nitrogens with one attached hydrogen (secondary N) is 1. The lowest BCUT2D eigenvalue weighted by atomic mass is 10.2. The van der Waals surface area contributed by atoms with Crippen molar-refractivity contribution in [3.05, 3.63) is 11.6 Å². The summed E-state index contributed by atoms with van der Waals surface area (Å²) in [6.07, 6.45) is 0.297. The third-order valence-electron chi connectivity index (χ3n) is 2.16. The molecule has 0 bridgehead atoms. The van der Waals surface area contributed by atoms with E-state index in [1.807, 2.05) is 6.07 Å². The lowest BCUT2D eigenvalue weighted by Crippen LogP contribution is -2.35. The van der Waals surface area contributed by atoms with Gasteiger partial charge in [0.15, 0.2) is 0 Å². The van der Waals surface area contributed by atoms with Gasteiger partial charge >= 0.3 is 0 Å². The summed E-state index contributed by atoms with van der Waals surface area (Å²) in [6, 6.07) is 1.88. The van der Waals surface area contributed by atoms with Gasteiger partial charge in [0.1, 0.15) is 5.82 Å². The molecule has 1 aromatic rings. The van der Waals surface area contributed by atoms with Crippen molar-refractivity contribution in [1.29, 1.82) is 5.26 Å². The van der Waals surface area contributed by atoms with E-state index < -0.39 is 0 Å². The molecular formula is C9H13N5O. The predicted molar refractivity (Wildman–Crippen MR) is 52.9 cm³/mol. The second-order valence-corrected chi connectivity index (χ2v) is 3.37. The van der Waals surface area contributed by atoms with E-state index in [1.165, 1.54) is 4.90 Å². The Kier molecular flexibility index (Phi) is 3.39. The minimum Gasteiger partial charge on any atom is -0.335 e. The number of aromatic amines is 1. The molecule has 0 fully saturated rings. The van der Waals surface area contributed by atoms with Gasteiger partial charge in [0.25, 0.3) is 5.91 Å². The van der Waals surface area contributed by atoms with Gasteiger partial charge < -0.3 is 4.90 Å². The number of rotatable bonds is 3. The summed E-state index contributed by atoms with van der Waals surface area (Å²) >= 11 is 0. The van der Waals surface area contributed by atoms with Crippen LogP contribution in [0.5, 0.6) is 0 Å². The van der Waals surface area contributed by atoms with Crippen molar-refractivity contribution in [2.24, 2.45) is 0 Å². The fourth-order valence-corrected chi connectivity index (χ4v) is 1.07. The average Bonchev–Trinajstić information content (AvgIpc) is 2.63. The molecule has 0 aromatic carbocycles. The zero-order chi connectivity index (χ0) is 11.4. The Hall–Kier alpha value is -1.90. The van der Waals surface area contributed by atoms with Gasteiger partial charge in [0.05, 0.1) is 12.5 Å². The molecule has 80 valence electrons. The molecule has 0 radical (unpaired) electrons. The first-order chi connectivity index (χ1) is 7.06. The normalized spacial score (nSPS) is 11.9. The van der Waals surface area contributed by atoms with Gasteiger partial charge in [-0.2, -0.15) is 5.26 Å². The number of hydrogen-bond acceptors (Lipinski definition) is 4. The van der Waals surface area contributed by atoms with E-state index in [9.17, 15) is 4.79 Å². The van der Waals surface area contributed by atoms with Gasteiger partial charge in [0.2, 0.25) is 5.82 Å². The van der Waals surface area contributed by atoms with Gasteiger partial charge in [-0.1, -0.05) is 0 Å². The van der Waals surface area contributed by atoms with Crippen LogP contribution in [-0.4, -0.2) is 39.1 Å². The molecule has 0 saturated carbocycles. The number of hydrogen-bond donors (Lipinski definition) is 1. The molecule has 15 heavy (non-hydrogen) atoms. The SMILES string of the molecule is Cc1nc(C(=O)N(C)C(C)CC#N)n[nH]1. The molecule has 1 amide bonds. The molecule has 0 aliphatic heterocycles. The Bertz CT molecular complexity index is 391. The van der Waals surface area contributed by atoms with Crippen LogP contribution in [0.3, 0.4) is 0 Å². The monoisotopic (exact) mass is 207 g/mol. The smallest absolute Gasteiger partial charge is 0.293 e. The van der Waals surface area contributed by atoms with Crippen molar-refractivity contribution in [1.82, 2.24) is 20.1 Å². The minimum absolute atomic E-state index is 0.138. The molecule has 1 atom stereocenters. The van der Waals surface area contributed by atoms with Crippen molar-refractivity contribution in [2.75, 3.05) is 7.05 Å². The third kappa shape index (κ3) is 2.53. The Morgan fingerprint density at radius 3 is 2.87 bits per heavy atom. The number of amides is 1. The first kappa shape index (κ1) is 11.2. The Morgan fingerprint density at radius 2 is 2.40 bits per heavy atom. The number of aromatic nitrogens is 3. The van der Waals surface area contributed by atoms with E-state index in [-0.39, 0.29) is 17.8 Å². The summed E-state index contributed by atoms with van der Waals surface area (Å²) in [5.74, 6) is 0.460. The summed E-state index contributed by atoms with van der Waals surface area (Å²) in [6.45, 7) is 3.53. The van der Waals surface area contributed by atoms with Gasteiger partial charge in [-0.3, -0.25) is 9.89 Å². The van der Waals surface area contributed by atoms with Crippen LogP contribution in [0, 0.1) is 18.3 Å². The second kappa shape index (κ2) is 4.55. The number of carbonyl (C=O) groups excluding carboxylic acids is 1. The van der Waals surface area contributed by atoms with Crippen LogP contribution >= 0.6 is 0 Å². The van der Waals surface area contributed by atoms with Crippen molar-refractivity contribution in [3.8, 4) is 6.07 Å². The maximum atomic E-state index is 11.7. The molecule has 1 N–H and O–H groups in total. The number of aryl methyl sites for hydroxylation is 1. The number of H-pyrrole nitrogens is 1. The molecule has 1 heterocycles. The fraction of sp³-hybridized carbons (Fsp3) is 0.556. The van der Waals surface area contributed by atoms with Crippen LogP contribution in [0.1, 0.15) is 29.8 Å². The van der Waals surface area contributed by atoms with Gasteiger partial charge in [-0.05, 0) is 13.8 Å². The van der Waals surface area contributed by atoms with E-state index in [0.717, 1.165) is 0 Å². The molecule has 0 aliphatic rings. The molecular weight excluding hydrogens is 194 g/mol. The highest BCUT2D eigenvalue weighted by molar-refractivity contribution is 5.90. The highest BCUT2D eigenvalue weighted by atomic mass is 16.2. The van der Waals surface area contributed by atoms with Crippen LogP contribution in [0.15, 0.2) is 0 Å². The lowest BCUT2D eigenvalue weighted by Gasteiger charge is -2.21. The molecule has 1 rings (SSSR count). The summed E-state index contributed by atoms with van der Waals surface area (Å²) in [7, 11) is 1.63. The average molecular weight is 207 g/mol. The molecule has 0 saturated heterocycles. The summed E-state index contributed by atoms with van der Waals surface area (Å²) in [5, 5.41) is 14.9. The maximum absolute atomic E-state index is 11.7. The molecule has 6 heteroatoms. The van der Waals surface area contributed by atoms with Gasteiger partial charge in [0, 0.05) is 13.1 Å². The lowest BCUT2D eigenvalue weighted by molar-refractivity contribution is 0.0734. The van der Waals surface area contributed by atoms with E-state index in [2.05, 4.69) is 15.2 Å². The number of nitrogens with zero attached hydrogens (tertiary/aromatic N) is 4. The molecule has 6 nitrogen and oxygen atoms in total. The molecule has 0 aliphatic carbocycles. The maximum Gasteiger partial charge on any atom is 0.293 e. The van der Waals surface area contributed by atoms with Crippen LogP contribution in [0.2, 0.25) is 0 Å². The van der Waals surface area contributed by atoms with Crippen molar-refractivity contribution >= 4 is 5.91 Å². The highest BCUT2D eigenvalue weighted by Crippen LogP contribution is 2.04. The highest BCUT2D eigenvalue weighted by Gasteiger charge is 2.20. The summed E-state index contributed by atoms with van der Waals surface area (Å²) in [5.41, 5.74) is 0. The molecule has 1 aromatic heterocycles. The zero-order valence-corrected chi connectivity index (χ0v) is 8.98. The first-order valence-corrected chi connectivity index (χ1v) is 4.59. The Morgan fingerprint density at radius 1 is 1.73 bits per heavy atom. The standard InChI is InChI=1S/C9H13N5O/c1-6(4-5-10)14(3)9(15)8-11-7(2)12-13-8/h6H,4H2,1-3H3,(H,11,12,13). The van der Waals surface area contributed by atoms with E-state index in [4.69, 9.17) is 5.26 Å². The molecule has 0 spiro atoms. The zero-order valence-electron chi connectivity index (χ0n) is 8.98. The van der Waals surface area contributed by atoms with E-state index in [1.54, 1.807) is 20.9 Å². The van der Waals surface area contributed by atoms with Gasteiger partial charge in [-0.15, -0.1) is 5.10 Å². The Labute approximate surface area is 87.9 Å². The fourth-order valence-electron chi connectivity index (χ4n) is 1.07. The summed E-state index contributed by atoms with van der Waals surface area (Å²) < 4.78 is 0. The quantitative estimate of drug-likeness (QED) is 0.781. The number of carbonyl (C=O) groups is 1. The Balaban J connectivity index is 2.73.